The second kappa shape index (κ2) is 9.31. The van der Waals surface area contributed by atoms with E-state index in [1.165, 1.54) is 0 Å². The molecule has 1 aliphatic carbocycles. The van der Waals surface area contributed by atoms with Crippen LogP contribution in [-0.2, 0) is 9.53 Å². The van der Waals surface area contributed by atoms with Gasteiger partial charge >= 0.3 is 0 Å². The van der Waals surface area contributed by atoms with E-state index in [-0.39, 0.29) is 23.9 Å². The maximum Gasteiger partial charge on any atom is 0.254 e. The van der Waals surface area contributed by atoms with Crippen LogP contribution in [0.15, 0.2) is 41.8 Å². The quantitative estimate of drug-likeness (QED) is 0.746. The molecular formula is C24H30N2O3S. The van der Waals surface area contributed by atoms with Crippen molar-refractivity contribution in [2.24, 2.45) is 5.92 Å². The lowest BCUT2D eigenvalue weighted by atomic mass is 9.80. The third-order valence-corrected chi connectivity index (χ3v) is 7.40. The Hall–Kier alpha value is -2.18. The number of carbonyl (C=O) groups excluding carboxylic acids is 2. The van der Waals surface area contributed by atoms with Crippen LogP contribution in [-0.4, -0.2) is 43.0 Å². The van der Waals surface area contributed by atoms with E-state index in [0.717, 1.165) is 42.0 Å². The van der Waals surface area contributed by atoms with Gasteiger partial charge in [-0.3, -0.25) is 9.59 Å². The van der Waals surface area contributed by atoms with E-state index in [0.29, 0.717) is 18.7 Å². The molecule has 2 aliphatic rings. The molecule has 2 unspecified atom stereocenters. The highest BCUT2D eigenvalue weighted by Gasteiger charge is 2.44. The number of amides is 2. The van der Waals surface area contributed by atoms with Crippen molar-refractivity contribution in [2.45, 2.75) is 50.6 Å². The molecule has 160 valence electrons. The van der Waals surface area contributed by atoms with Crippen molar-refractivity contribution < 1.29 is 14.3 Å². The summed E-state index contributed by atoms with van der Waals surface area (Å²) in [4.78, 5) is 29.9. The summed E-state index contributed by atoms with van der Waals surface area (Å²) in [5.41, 5.74) is 1.45. The summed E-state index contributed by atoms with van der Waals surface area (Å²) in [5, 5.41) is 5.34. The number of rotatable bonds is 6. The molecule has 30 heavy (non-hydrogen) atoms. The van der Waals surface area contributed by atoms with Crippen molar-refractivity contribution >= 4 is 23.2 Å². The van der Waals surface area contributed by atoms with Gasteiger partial charge in [0.15, 0.2) is 0 Å². The fraction of sp³-hybridized carbons (Fsp3) is 0.500. The number of benzene rings is 1. The van der Waals surface area contributed by atoms with Gasteiger partial charge in [0.05, 0.1) is 18.6 Å². The summed E-state index contributed by atoms with van der Waals surface area (Å²) < 4.78 is 5.28. The van der Waals surface area contributed by atoms with Crippen molar-refractivity contribution in [2.75, 3.05) is 20.3 Å². The standard InChI is InChI=1S/C24H30N2O3S/c1-16-9-11-17(12-10-16)25-23(27)21-18-6-3-4-7-19(18)24(28)26(13-14-29-2)22(21)20-8-5-15-30-20/h3-8,15-17,21-22H,9-14H2,1-2H3,(H,25,27). The lowest BCUT2D eigenvalue weighted by molar-refractivity contribution is -0.125. The Morgan fingerprint density at radius 3 is 2.63 bits per heavy atom. The van der Waals surface area contributed by atoms with Crippen LogP contribution in [0.1, 0.15) is 65.4 Å². The first-order valence-corrected chi connectivity index (χ1v) is 11.7. The smallest absolute Gasteiger partial charge is 0.254 e. The second-order valence-electron chi connectivity index (χ2n) is 8.48. The van der Waals surface area contributed by atoms with E-state index in [1.807, 2.05) is 46.7 Å². The Kier molecular flexibility index (Phi) is 6.54. The van der Waals surface area contributed by atoms with E-state index >= 15 is 0 Å². The van der Waals surface area contributed by atoms with Crippen molar-refractivity contribution in [1.29, 1.82) is 0 Å². The van der Waals surface area contributed by atoms with Gasteiger partial charge in [0.25, 0.3) is 5.91 Å². The van der Waals surface area contributed by atoms with Gasteiger partial charge in [0.2, 0.25) is 5.91 Å². The van der Waals surface area contributed by atoms with E-state index in [2.05, 4.69) is 12.2 Å². The largest absolute Gasteiger partial charge is 0.383 e. The second-order valence-corrected chi connectivity index (χ2v) is 9.46. The average molecular weight is 427 g/mol. The Morgan fingerprint density at radius 1 is 1.17 bits per heavy atom. The first-order valence-electron chi connectivity index (χ1n) is 10.8. The summed E-state index contributed by atoms with van der Waals surface area (Å²) in [6, 6.07) is 11.5. The van der Waals surface area contributed by atoms with E-state index in [4.69, 9.17) is 4.74 Å². The Balaban J connectivity index is 1.71. The third kappa shape index (κ3) is 4.16. The molecule has 4 rings (SSSR count). The highest BCUT2D eigenvalue weighted by molar-refractivity contribution is 7.10. The molecule has 1 aliphatic heterocycles. The van der Waals surface area contributed by atoms with Crippen LogP contribution in [0.25, 0.3) is 0 Å². The van der Waals surface area contributed by atoms with Crippen molar-refractivity contribution in [3.63, 3.8) is 0 Å². The number of hydrogen-bond donors (Lipinski definition) is 1. The third-order valence-electron chi connectivity index (χ3n) is 6.45. The Morgan fingerprint density at radius 2 is 1.93 bits per heavy atom. The van der Waals surface area contributed by atoms with Crippen LogP contribution < -0.4 is 5.32 Å². The molecule has 1 aromatic carbocycles. The predicted octanol–water partition coefficient (Wildman–Crippen LogP) is 4.37. The Labute approximate surface area is 182 Å². The fourth-order valence-corrected chi connectivity index (χ4v) is 5.66. The topological polar surface area (TPSA) is 58.6 Å². The molecule has 0 spiro atoms. The fourth-order valence-electron chi connectivity index (χ4n) is 4.78. The molecular weight excluding hydrogens is 396 g/mol. The number of ether oxygens (including phenoxy) is 1. The molecule has 0 saturated heterocycles. The number of nitrogens with zero attached hydrogens (tertiary/aromatic N) is 1. The number of fused-ring (bicyclic) bond motifs is 1. The zero-order chi connectivity index (χ0) is 21.1. The SMILES string of the molecule is COCCN1C(=O)c2ccccc2C(C(=O)NC2CCC(C)CC2)C1c1cccs1. The maximum absolute atomic E-state index is 13.7. The molecule has 2 aromatic rings. The van der Waals surface area contributed by atoms with Crippen LogP contribution >= 0.6 is 11.3 Å². The minimum atomic E-state index is -0.422. The number of hydrogen-bond acceptors (Lipinski definition) is 4. The van der Waals surface area contributed by atoms with Gasteiger partial charge in [-0.1, -0.05) is 31.2 Å². The number of thiophene rings is 1. The first kappa shape index (κ1) is 21.1. The van der Waals surface area contributed by atoms with E-state index in [1.54, 1.807) is 18.4 Å². The Bertz CT molecular complexity index is 874. The molecule has 1 fully saturated rings. The predicted molar refractivity (Wildman–Crippen MR) is 119 cm³/mol. The molecule has 2 amide bonds. The van der Waals surface area contributed by atoms with Crippen molar-refractivity contribution in [3.05, 3.63) is 57.8 Å². The number of nitrogens with one attached hydrogen (secondary N) is 1. The minimum Gasteiger partial charge on any atom is -0.383 e. The lowest BCUT2D eigenvalue weighted by Crippen LogP contribution is -2.50. The van der Waals surface area contributed by atoms with Crippen LogP contribution in [0.2, 0.25) is 0 Å². The normalized spacial score (nSPS) is 26.3. The summed E-state index contributed by atoms with van der Waals surface area (Å²) in [6.07, 6.45) is 4.35. The summed E-state index contributed by atoms with van der Waals surface area (Å²) >= 11 is 1.60. The maximum atomic E-state index is 13.7. The summed E-state index contributed by atoms with van der Waals surface area (Å²) in [5.74, 6) is 0.301. The van der Waals surface area contributed by atoms with Crippen molar-refractivity contribution in [1.82, 2.24) is 10.2 Å². The molecule has 2 atom stereocenters. The number of carbonyl (C=O) groups is 2. The van der Waals surface area contributed by atoms with E-state index in [9.17, 15) is 9.59 Å². The van der Waals surface area contributed by atoms with Gasteiger partial charge in [0.1, 0.15) is 0 Å². The highest BCUT2D eigenvalue weighted by atomic mass is 32.1. The van der Waals surface area contributed by atoms with Gasteiger partial charge in [-0.05, 0) is 54.7 Å². The van der Waals surface area contributed by atoms with Gasteiger partial charge in [-0.15, -0.1) is 11.3 Å². The molecule has 0 radical (unpaired) electrons. The van der Waals surface area contributed by atoms with Gasteiger partial charge in [0, 0.05) is 30.1 Å². The molecule has 1 saturated carbocycles. The summed E-state index contributed by atoms with van der Waals surface area (Å²) in [6.45, 7) is 3.17. The van der Waals surface area contributed by atoms with Crippen LogP contribution in [0.5, 0.6) is 0 Å². The minimum absolute atomic E-state index is 0.0234. The van der Waals surface area contributed by atoms with Gasteiger partial charge in [-0.25, -0.2) is 0 Å². The molecule has 1 aromatic heterocycles. The average Bonchev–Trinajstić information content (AvgIpc) is 3.29. The van der Waals surface area contributed by atoms with Gasteiger partial charge in [-0.2, -0.15) is 0 Å². The molecule has 2 heterocycles. The van der Waals surface area contributed by atoms with E-state index < -0.39 is 5.92 Å². The highest BCUT2D eigenvalue weighted by Crippen LogP contribution is 2.44. The lowest BCUT2D eigenvalue weighted by Gasteiger charge is -2.41. The summed E-state index contributed by atoms with van der Waals surface area (Å²) in [7, 11) is 1.64. The molecule has 5 nitrogen and oxygen atoms in total. The molecule has 6 heteroatoms. The van der Waals surface area contributed by atoms with Crippen molar-refractivity contribution in [3.8, 4) is 0 Å². The van der Waals surface area contributed by atoms with Crippen LogP contribution in [0.4, 0.5) is 0 Å². The van der Waals surface area contributed by atoms with Crippen LogP contribution in [0, 0.1) is 5.92 Å². The van der Waals surface area contributed by atoms with Crippen LogP contribution in [0.3, 0.4) is 0 Å². The van der Waals surface area contributed by atoms with Gasteiger partial charge < -0.3 is 15.0 Å². The number of methoxy groups -OCH3 is 1. The zero-order valence-electron chi connectivity index (χ0n) is 17.7. The zero-order valence-corrected chi connectivity index (χ0v) is 18.5. The molecule has 1 N–H and O–H groups in total. The molecule has 0 bridgehead atoms. The first-order chi connectivity index (χ1) is 14.6. The monoisotopic (exact) mass is 426 g/mol.